The number of amides is 3. The molecule has 0 radical (unpaired) electrons. The third kappa shape index (κ3) is 5.74. The highest BCUT2D eigenvalue weighted by Gasteiger charge is 2.38. The monoisotopic (exact) mass is 571 g/mol. The van der Waals surface area contributed by atoms with Crippen molar-refractivity contribution in [1.82, 2.24) is 10.6 Å². The van der Waals surface area contributed by atoms with Crippen molar-refractivity contribution in [2.75, 3.05) is 10.7 Å². The van der Waals surface area contributed by atoms with Crippen molar-refractivity contribution in [1.29, 1.82) is 0 Å². The van der Waals surface area contributed by atoms with Crippen LogP contribution in [0.3, 0.4) is 0 Å². The third-order valence-electron chi connectivity index (χ3n) is 7.41. The van der Waals surface area contributed by atoms with Crippen molar-refractivity contribution in [2.45, 2.75) is 48.7 Å². The number of thioether (sulfide) groups is 1. The number of rotatable bonds is 9. The molecule has 3 aromatic rings. The van der Waals surface area contributed by atoms with Gasteiger partial charge in [-0.15, -0.1) is 11.8 Å². The van der Waals surface area contributed by atoms with Gasteiger partial charge in [-0.05, 0) is 41.3 Å². The van der Waals surface area contributed by atoms with Gasteiger partial charge in [0, 0.05) is 23.0 Å². The van der Waals surface area contributed by atoms with E-state index in [2.05, 4.69) is 10.6 Å². The quantitative estimate of drug-likeness (QED) is 0.336. The van der Waals surface area contributed by atoms with Crippen LogP contribution < -0.4 is 15.5 Å². The summed E-state index contributed by atoms with van der Waals surface area (Å²) in [5.41, 5.74) is 4.83. The Kier molecular flexibility index (Phi) is 8.21. The average Bonchev–Trinajstić information content (AvgIpc) is 3.20. The van der Waals surface area contributed by atoms with Crippen molar-refractivity contribution in [2.24, 2.45) is 0 Å². The highest BCUT2D eigenvalue weighted by molar-refractivity contribution is 7.99. The van der Waals surface area contributed by atoms with E-state index in [-0.39, 0.29) is 24.0 Å². The minimum absolute atomic E-state index is 0.150. The molecule has 10 heteroatoms. The molecule has 3 aromatic carbocycles. The van der Waals surface area contributed by atoms with Crippen LogP contribution in [0.5, 0.6) is 0 Å². The molecular formula is C31H29N3O6S. The van der Waals surface area contributed by atoms with Crippen LogP contribution in [0.15, 0.2) is 77.7 Å². The molecule has 2 aliphatic rings. The molecule has 0 aromatic heterocycles. The van der Waals surface area contributed by atoms with E-state index in [1.807, 2.05) is 60.7 Å². The molecule has 0 bridgehead atoms. The van der Waals surface area contributed by atoms with Gasteiger partial charge in [-0.25, -0.2) is 0 Å². The molecule has 3 N–H and O–H groups in total. The first-order chi connectivity index (χ1) is 19.8. The number of aliphatic carboxylic acids is 1. The Morgan fingerprint density at radius 3 is 2.24 bits per heavy atom. The summed E-state index contributed by atoms with van der Waals surface area (Å²) >= 11 is 1.40. The lowest BCUT2D eigenvalue weighted by molar-refractivity contribution is -0.139. The fraction of sp³-hybridized carbons (Fsp3) is 0.258. The molecule has 0 spiro atoms. The van der Waals surface area contributed by atoms with Crippen molar-refractivity contribution >= 4 is 47.4 Å². The summed E-state index contributed by atoms with van der Waals surface area (Å²) in [4.78, 5) is 65.0. The van der Waals surface area contributed by atoms with Crippen LogP contribution in [-0.4, -0.2) is 59.0 Å². The number of carbonyl (C=O) groups excluding carboxylic acids is 4. The Bertz CT molecular complexity index is 1480. The number of fused-ring (bicyclic) bond motifs is 4. The number of carboxylic acid groups (broad SMARTS) is 1. The summed E-state index contributed by atoms with van der Waals surface area (Å²) in [6.45, 7) is 1.51. The van der Waals surface area contributed by atoms with E-state index in [1.165, 1.54) is 23.6 Å². The summed E-state index contributed by atoms with van der Waals surface area (Å²) in [6.07, 6.45) is -0.0642. The van der Waals surface area contributed by atoms with Gasteiger partial charge < -0.3 is 20.5 Å². The van der Waals surface area contributed by atoms with Crippen LogP contribution >= 0.6 is 11.8 Å². The van der Waals surface area contributed by atoms with Crippen LogP contribution in [0.25, 0.3) is 11.1 Å². The zero-order chi connectivity index (χ0) is 29.1. The van der Waals surface area contributed by atoms with Crippen molar-refractivity contribution in [3.63, 3.8) is 0 Å². The molecular weight excluding hydrogens is 542 g/mol. The number of carbonyl (C=O) groups is 5. The predicted molar refractivity (Wildman–Crippen MR) is 155 cm³/mol. The Balaban J connectivity index is 1.36. The number of hydrogen-bond acceptors (Lipinski definition) is 6. The maximum atomic E-state index is 13.9. The zero-order valence-electron chi connectivity index (χ0n) is 22.3. The van der Waals surface area contributed by atoms with E-state index < -0.39 is 42.3 Å². The number of aldehydes is 1. The Morgan fingerprint density at radius 1 is 1.00 bits per heavy atom. The maximum absolute atomic E-state index is 13.9. The number of hydrogen-bond donors (Lipinski definition) is 3. The highest BCUT2D eigenvalue weighted by atomic mass is 32.2. The first-order valence-corrected chi connectivity index (χ1v) is 14.3. The molecule has 0 fully saturated rings. The fourth-order valence-corrected chi connectivity index (χ4v) is 6.53. The van der Waals surface area contributed by atoms with Crippen molar-refractivity contribution < 1.29 is 29.1 Å². The summed E-state index contributed by atoms with van der Waals surface area (Å²) < 4.78 is 0. The van der Waals surface area contributed by atoms with E-state index in [1.54, 1.807) is 12.1 Å². The molecule has 3 unspecified atom stereocenters. The minimum Gasteiger partial charge on any atom is -0.481 e. The lowest BCUT2D eigenvalue weighted by atomic mass is 9.93. The van der Waals surface area contributed by atoms with E-state index in [4.69, 9.17) is 5.11 Å². The SMILES string of the molecule is CC(C(=O)NC(C=O)CC(=O)O)N1C(=O)C(NC(=O)CC2c3ccccc3-c3ccccc32)CSc2ccccc21. The van der Waals surface area contributed by atoms with E-state index in [0.717, 1.165) is 27.1 Å². The fourth-order valence-electron chi connectivity index (χ4n) is 5.47. The minimum atomic E-state index is -1.24. The number of carboxylic acids is 1. The van der Waals surface area contributed by atoms with Crippen LogP contribution in [0, 0.1) is 0 Å². The van der Waals surface area contributed by atoms with Crippen LogP contribution in [0.4, 0.5) is 5.69 Å². The van der Waals surface area contributed by atoms with Gasteiger partial charge in [-0.2, -0.15) is 0 Å². The van der Waals surface area contributed by atoms with E-state index >= 15 is 0 Å². The highest BCUT2D eigenvalue weighted by Crippen LogP contribution is 2.46. The number of nitrogens with one attached hydrogen (secondary N) is 2. The largest absolute Gasteiger partial charge is 0.481 e. The Morgan fingerprint density at radius 2 is 1.61 bits per heavy atom. The molecule has 9 nitrogen and oxygen atoms in total. The van der Waals surface area contributed by atoms with Gasteiger partial charge in [0.05, 0.1) is 18.2 Å². The second-order valence-electron chi connectivity index (χ2n) is 10.1. The van der Waals surface area contributed by atoms with Gasteiger partial charge in [-0.3, -0.25) is 24.1 Å². The molecule has 1 heterocycles. The first kappa shape index (κ1) is 28.1. The lowest BCUT2D eigenvalue weighted by Gasteiger charge is -2.31. The van der Waals surface area contributed by atoms with Crippen LogP contribution in [0.1, 0.15) is 36.8 Å². The van der Waals surface area contributed by atoms with E-state index in [0.29, 0.717) is 12.0 Å². The molecule has 3 atom stereocenters. The smallest absolute Gasteiger partial charge is 0.305 e. The van der Waals surface area contributed by atoms with Gasteiger partial charge in [0.15, 0.2) is 0 Å². The zero-order valence-corrected chi connectivity index (χ0v) is 23.1. The van der Waals surface area contributed by atoms with E-state index in [9.17, 15) is 24.0 Å². The normalized spacial score (nSPS) is 17.3. The second-order valence-corrected chi connectivity index (χ2v) is 11.1. The van der Waals surface area contributed by atoms with Gasteiger partial charge in [0.1, 0.15) is 18.4 Å². The number of nitrogens with zero attached hydrogens (tertiary/aromatic N) is 1. The first-order valence-electron chi connectivity index (χ1n) is 13.3. The Hall–Kier alpha value is -4.44. The average molecular weight is 572 g/mol. The standard InChI is InChI=1S/C31H29N3O6S/c1-18(30(39)32-19(16-35)14-29(37)38)34-26-12-6-7-13-27(26)41-17-25(31(34)40)33-28(36)15-24-22-10-4-2-8-20(22)21-9-3-5-11-23(21)24/h2-13,16,18-19,24-25H,14-15,17H2,1H3,(H,32,39)(H,33,36)(H,37,38). The Labute approximate surface area is 241 Å². The molecule has 41 heavy (non-hydrogen) atoms. The molecule has 210 valence electrons. The number of benzene rings is 3. The molecule has 0 saturated carbocycles. The number of para-hydroxylation sites is 1. The third-order valence-corrected chi connectivity index (χ3v) is 8.56. The van der Waals surface area contributed by atoms with Gasteiger partial charge in [-0.1, -0.05) is 60.7 Å². The molecule has 3 amide bonds. The molecule has 1 aliphatic heterocycles. The number of anilines is 1. The summed E-state index contributed by atoms with van der Waals surface area (Å²) in [5, 5.41) is 14.4. The van der Waals surface area contributed by atoms with Gasteiger partial charge in [0.2, 0.25) is 11.8 Å². The second kappa shape index (κ2) is 12.0. The molecule has 1 aliphatic carbocycles. The van der Waals surface area contributed by atoms with Crippen LogP contribution in [0.2, 0.25) is 0 Å². The molecule has 5 rings (SSSR count). The van der Waals surface area contributed by atoms with Gasteiger partial charge in [0.25, 0.3) is 5.91 Å². The lowest BCUT2D eigenvalue weighted by Crippen LogP contribution is -2.56. The summed E-state index contributed by atoms with van der Waals surface area (Å²) in [5.74, 6) is -2.55. The van der Waals surface area contributed by atoms with Crippen LogP contribution in [-0.2, 0) is 24.0 Å². The summed E-state index contributed by atoms with van der Waals surface area (Å²) in [7, 11) is 0. The van der Waals surface area contributed by atoms with Crippen molar-refractivity contribution in [3.05, 3.63) is 83.9 Å². The maximum Gasteiger partial charge on any atom is 0.305 e. The van der Waals surface area contributed by atoms with Gasteiger partial charge >= 0.3 is 5.97 Å². The topological polar surface area (TPSA) is 133 Å². The summed E-state index contributed by atoms with van der Waals surface area (Å²) in [6, 6.07) is 19.9. The van der Waals surface area contributed by atoms with Crippen molar-refractivity contribution in [3.8, 4) is 11.1 Å². The predicted octanol–water partition coefficient (Wildman–Crippen LogP) is 3.36. The molecule has 0 saturated heterocycles.